The van der Waals surface area contributed by atoms with Gasteiger partial charge < -0.3 is 21.5 Å². The number of carbonyl (C=O) groups is 2. The van der Waals surface area contributed by atoms with Crippen LogP contribution < -0.4 is 16.4 Å². The standard InChI is InChI=1S/C23H23FN4O3.ClH/c24-20-19(18(29)11-15-3-1-10-27-21(15)20)22(30)13-5-7-14(8-6-13)23(31)28-17-4-2-9-26-12-16(17)25;/h1,3,5-8,10-11,16-17,26,29H,2,4,9,12,25H2,(H,28,31);1H/t16-,17-;/m1./s1. The predicted octanol–water partition coefficient (Wildman–Crippen LogP) is 2.54. The van der Waals surface area contributed by atoms with Gasteiger partial charge in [0.2, 0.25) is 0 Å². The minimum Gasteiger partial charge on any atom is -0.507 e. The number of fused-ring (bicyclic) bond motifs is 1. The third-order valence-electron chi connectivity index (χ3n) is 5.53. The van der Waals surface area contributed by atoms with Crippen LogP contribution in [0.2, 0.25) is 0 Å². The zero-order chi connectivity index (χ0) is 22.0. The van der Waals surface area contributed by atoms with E-state index in [1.165, 1.54) is 36.5 Å². The number of benzene rings is 2. The Morgan fingerprint density at radius 3 is 2.66 bits per heavy atom. The number of hydrogen-bond donors (Lipinski definition) is 4. The second-order valence-corrected chi connectivity index (χ2v) is 7.66. The predicted molar refractivity (Wildman–Crippen MR) is 122 cm³/mol. The number of carbonyl (C=O) groups excluding carboxylic acids is 2. The van der Waals surface area contributed by atoms with Gasteiger partial charge >= 0.3 is 0 Å². The second-order valence-electron chi connectivity index (χ2n) is 7.66. The molecule has 1 aliphatic rings. The molecule has 1 fully saturated rings. The maximum absolute atomic E-state index is 14.9. The first kappa shape index (κ1) is 23.6. The molecule has 168 valence electrons. The molecule has 2 aromatic carbocycles. The molecule has 0 unspecified atom stereocenters. The van der Waals surface area contributed by atoms with Crippen molar-refractivity contribution >= 4 is 35.0 Å². The van der Waals surface area contributed by atoms with Gasteiger partial charge in [0, 0.05) is 41.3 Å². The van der Waals surface area contributed by atoms with Crippen LogP contribution in [0, 0.1) is 5.82 Å². The Morgan fingerprint density at radius 2 is 1.91 bits per heavy atom. The Balaban J connectivity index is 0.00000289. The average Bonchev–Trinajstić information content (AvgIpc) is 2.97. The largest absolute Gasteiger partial charge is 0.507 e. The number of nitrogens with two attached hydrogens (primary N) is 1. The van der Waals surface area contributed by atoms with E-state index in [4.69, 9.17) is 5.73 Å². The van der Waals surface area contributed by atoms with Gasteiger partial charge in [0.1, 0.15) is 16.8 Å². The molecule has 0 saturated carbocycles. The number of halogens is 2. The molecule has 7 nitrogen and oxygen atoms in total. The molecule has 32 heavy (non-hydrogen) atoms. The maximum atomic E-state index is 14.9. The maximum Gasteiger partial charge on any atom is 0.251 e. The van der Waals surface area contributed by atoms with Crippen LogP contribution in [0.15, 0.2) is 48.7 Å². The number of aromatic hydroxyl groups is 1. The number of rotatable bonds is 4. The lowest BCUT2D eigenvalue weighted by molar-refractivity contribution is 0.0928. The van der Waals surface area contributed by atoms with Gasteiger partial charge in [-0.1, -0.05) is 18.2 Å². The van der Waals surface area contributed by atoms with Crippen LogP contribution in [-0.2, 0) is 0 Å². The molecular weight excluding hydrogens is 435 g/mol. The van der Waals surface area contributed by atoms with Crippen molar-refractivity contribution < 1.29 is 19.1 Å². The molecule has 3 aromatic rings. The first-order valence-corrected chi connectivity index (χ1v) is 10.1. The number of nitrogens with one attached hydrogen (secondary N) is 2. The van der Waals surface area contributed by atoms with Gasteiger partial charge in [-0.05, 0) is 43.7 Å². The monoisotopic (exact) mass is 458 g/mol. The number of aromatic nitrogens is 1. The number of hydrogen-bond acceptors (Lipinski definition) is 6. The van der Waals surface area contributed by atoms with Crippen molar-refractivity contribution in [3.63, 3.8) is 0 Å². The van der Waals surface area contributed by atoms with Gasteiger partial charge in [0.05, 0.1) is 0 Å². The van der Waals surface area contributed by atoms with Gasteiger partial charge in [-0.2, -0.15) is 0 Å². The number of ketones is 1. The van der Waals surface area contributed by atoms with E-state index in [1.807, 2.05) is 0 Å². The lowest BCUT2D eigenvalue weighted by Gasteiger charge is -2.22. The van der Waals surface area contributed by atoms with Crippen molar-refractivity contribution in [1.82, 2.24) is 15.6 Å². The van der Waals surface area contributed by atoms with E-state index < -0.39 is 22.9 Å². The van der Waals surface area contributed by atoms with E-state index in [2.05, 4.69) is 15.6 Å². The fourth-order valence-corrected chi connectivity index (χ4v) is 3.80. The summed E-state index contributed by atoms with van der Waals surface area (Å²) in [6.07, 6.45) is 3.12. The number of phenolic OH excluding ortho intramolecular Hbond substituents is 1. The summed E-state index contributed by atoms with van der Waals surface area (Å²) < 4.78 is 14.9. The molecule has 1 amide bonds. The Kier molecular flexibility index (Phi) is 7.40. The number of amides is 1. The van der Waals surface area contributed by atoms with Crippen molar-refractivity contribution in [1.29, 1.82) is 0 Å². The van der Waals surface area contributed by atoms with Crippen molar-refractivity contribution in [2.75, 3.05) is 13.1 Å². The van der Waals surface area contributed by atoms with E-state index in [9.17, 15) is 19.1 Å². The highest BCUT2D eigenvalue weighted by atomic mass is 35.5. The fraction of sp³-hybridized carbons (Fsp3) is 0.261. The van der Waals surface area contributed by atoms with Gasteiger partial charge in [-0.3, -0.25) is 14.6 Å². The molecule has 1 aromatic heterocycles. The number of nitrogens with zero attached hydrogens (tertiary/aromatic N) is 1. The Labute approximate surface area is 190 Å². The molecule has 4 rings (SSSR count). The minimum atomic E-state index is -0.876. The normalized spacial score (nSPS) is 18.4. The molecule has 0 radical (unpaired) electrons. The van der Waals surface area contributed by atoms with Gasteiger partial charge in [-0.25, -0.2) is 4.39 Å². The molecule has 5 N–H and O–H groups in total. The quantitative estimate of drug-likeness (QED) is 0.446. The summed E-state index contributed by atoms with van der Waals surface area (Å²) in [6, 6.07) is 10.1. The minimum absolute atomic E-state index is 0. The molecule has 9 heteroatoms. The van der Waals surface area contributed by atoms with Gasteiger partial charge in [0.15, 0.2) is 11.6 Å². The molecule has 2 heterocycles. The highest BCUT2D eigenvalue weighted by Crippen LogP contribution is 2.29. The summed E-state index contributed by atoms with van der Waals surface area (Å²) in [6.45, 7) is 1.50. The summed E-state index contributed by atoms with van der Waals surface area (Å²) in [7, 11) is 0. The van der Waals surface area contributed by atoms with Crippen molar-refractivity contribution in [2.45, 2.75) is 24.9 Å². The zero-order valence-electron chi connectivity index (χ0n) is 17.2. The highest BCUT2D eigenvalue weighted by molar-refractivity contribution is 6.13. The molecular formula is C23H24ClFN4O3. The molecule has 1 saturated heterocycles. The van der Waals surface area contributed by atoms with E-state index in [0.717, 1.165) is 19.4 Å². The third kappa shape index (κ3) is 4.72. The number of pyridine rings is 1. The van der Waals surface area contributed by atoms with Crippen molar-refractivity contribution in [3.05, 3.63) is 71.2 Å². The first-order chi connectivity index (χ1) is 15.0. The smallest absolute Gasteiger partial charge is 0.251 e. The van der Waals surface area contributed by atoms with Crippen LogP contribution >= 0.6 is 12.4 Å². The van der Waals surface area contributed by atoms with Crippen LogP contribution in [0.5, 0.6) is 5.75 Å². The summed E-state index contributed by atoms with van der Waals surface area (Å²) >= 11 is 0. The van der Waals surface area contributed by atoms with E-state index in [-0.39, 0.29) is 41.5 Å². The molecule has 0 aliphatic carbocycles. The lowest BCUT2D eigenvalue weighted by atomic mass is 9.98. The highest BCUT2D eigenvalue weighted by Gasteiger charge is 2.24. The van der Waals surface area contributed by atoms with Crippen LogP contribution in [0.3, 0.4) is 0 Å². The second kappa shape index (κ2) is 10.0. The van der Waals surface area contributed by atoms with E-state index in [0.29, 0.717) is 17.5 Å². The summed E-state index contributed by atoms with van der Waals surface area (Å²) in [5, 5.41) is 16.8. The molecule has 0 bridgehead atoms. The average molecular weight is 459 g/mol. The van der Waals surface area contributed by atoms with E-state index >= 15 is 0 Å². The molecule has 0 spiro atoms. The molecule has 2 atom stereocenters. The van der Waals surface area contributed by atoms with Gasteiger partial charge in [0.25, 0.3) is 5.91 Å². The summed E-state index contributed by atoms with van der Waals surface area (Å²) in [5.41, 5.74) is 6.20. The zero-order valence-corrected chi connectivity index (χ0v) is 18.0. The van der Waals surface area contributed by atoms with Crippen LogP contribution in [0.25, 0.3) is 10.9 Å². The van der Waals surface area contributed by atoms with Crippen LogP contribution in [0.4, 0.5) is 4.39 Å². The van der Waals surface area contributed by atoms with Gasteiger partial charge in [-0.15, -0.1) is 12.4 Å². The third-order valence-corrected chi connectivity index (χ3v) is 5.53. The topological polar surface area (TPSA) is 117 Å². The first-order valence-electron chi connectivity index (χ1n) is 10.1. The van der Waals surface area contributed by atoms with Crippen molar-refractivity contribution in [3.8, 4) is 5.75 Å². The van der Waals surface area contributed by atoms with Crippen LogP contribution in [-0.4, -0.2) is 47.0 Å². The van der Waals surface area contributed by atoms with E-state index in [1.54, 1.807) is 12.1 Å². The number of phenols is 1. The van der Waals surface area contributed by atoms with Crippen molar-refractivity contribution in [2.24, 2.45) is 5.73 Å². The summed E-state index contributed by atoms with van der Waals surface area (Å²) in [5.74, 6) is -2.31. The Hall–Kier alpha value is -3.07. The fourth-order valence-electron chi connectivity index (χ4n) is 3.80. The SMILES string of the molecule is Cl.N[C@@H]1CNCCC[C@H]1NC(=O)c1ccc(C(=O)c2c(O)cc3cccnc3c2F)cc1. The Bertz CT molecular complexity index is 1140. The lowest BCUT2D eigenvalue weighted by Crippen LogP contribution is -2.50. The molecule has 1 aliphatic heterocycles. The van der Waals surface area contributed by atoms with Crippen LogP contribution in [0.1, 0.15) is 39.1 Å². The Morgan fingerprint density at radius 1 is 1.19 bits per heavy atom. The summed E-state index contributed by atoms with van der Waals surface area (Å²) in [4.78, 5) is 29.4.